The zero-order valence-corrected chi connectivity index (χ0v) is 9.49. The molecular weight excluding hydrogens is 267 g/mol. The van der Waals surface area contributed by atoms with Crippen molar-refractivity contribution in [1.82, 2.24) is 0 Å². The molecular formula is C4H12O8Zr. The number of ether oxygens (including phenoxy) is 2. The Bertz CT molecular complexity index is 101. The number of hydrogen-bond acceptors (Lipinski definition) is 4. The molecule has 0 aromatic heterocycles. The third-order valence-electron chi connectivity index (χ3n) is 0.349. The van der Waals surface area contributed by atoms with E-state index in [4.69, 9.17) is 19.8 Å². The van der Waals surface area contributed by atoms with Crippen molar-refractivity contribution >= 4 is 12.3 Å². The Morgan fingerprint density at radius 2 is 1.00 bits per heavy atom. The molecule has 0 aliphatic rings. The molecule has 9 heteroatoms. The van der Waals surface area contributed by atoms with Crippen LogP contribution in [0.3, 0.4) is 0 Å². The third kappa shape index (κ3) is 88.6. The second kappa shape index (κ2) is 22.5. The zero-order chi connectivity index (χ0) is 8.57. The van der Waals surface area contributed by atoms with E-state index in [2.05, 4.69) is 9.47 Å². The van der Waals surface area contributed by atoms with E-state index in [1.54, 1.807) is 0 Å². The van der Waals surface area contributed by atoms with Gasteiger partial charge in [0.05, 0.1) is 14.2 Å². The summed E-state index contributed by atoms with van der Waals surface area (Å²) in [7, 11) is 2.20. The van der Waals surface area contributed by atoms with Gasteiger partial charge in [-0.25, -0.2) is 9.59 Å². The summed E-state index contributed by atoms with van der Waals surface area (Å²) in [6.07, 6.45) is -2.49. The maximum Gasteiger partial charge on any atom is 0.505 e. The van der Waals surface area contributed by atoms with Crippen LogP contribution >= 0.6 is 0 Å². The van der Waals surface area contributed by atoms with Gasteiger partial charge in [-0.3, -0.25) is 0 Å². The van der Waals surface area contributed by atoms with Gasteiger partial charge < -0.3 is 30.6 Å². The van der Waals surface area contributed by atoms with Crippen molar-refractivity contribution in [3.8, 4) is 0 Å². The van der Waals surface area contributed by atoms with E-state index in [1.165, 1.54) is 0 Å². The monoisotopic (exact) mass is 278 g/mol. The summed E-state index contributed by atoms with van der Waals surface area (Å²) in [5, 5.41) is 15.0. The van der Waals surface area contributed by atoms with Crippen LogP contribution in [-0.4, -0.2) is 47.7 Å². The van der Waals surface area contributed by atoms with Crippen molar-refractivity contribution in [3.63, 3.8) is 0 Å². The van der Waals surface area contributed by atoms with Crippen LogP contribution in [0, 0.1) is 0 Å². The summed E-state index contributed by atoms with van der Waals surface area (Å²) < 4.78 is 7.33. The minimum atomic E-state index is -1.25. The second-order valence-corrected chi connectivity index (χ2v) is 0.940. The molecule has 0 aromatic carbocycles. The molecule has 0 bridgehead atoms. The van der Waals surface area contributed by atoms with Crippen molar-refractivity contribution in [2.24, 2.45) is 0 Å². The largest absolute Gasteiger partial charge is 0.505 e. The second-order valence-electron chi connectivity index (χ2n) is 0.940. The van der Waals surface area contributed by atoms with Gasteiger partial charge in [0.2, 0.25) is 0 Å². The molecule has 0 heterocycles. The maximum atomic E-state index is 9.15. The number of methoxy groups -OCH3 is 2. The standard InChI is InChI=1S/2C2H4O3.2H2O.Zr/c2*1-5-2(3)4;;;/h2*1H3,(H,3,4);2*1H2;. The van der Waals surface area contributed by atoms with Crippen LogP contribution < -0.4 is 0 Å². The first kappa shape index (κ1) is 29.5. The molecule has 13 heavy (non-hydrogen) atoms. The van der Waals surface area contributed by atoms with Crippen molar-refractivity contribution in [2.75, 3.05) is 14.2 Å². The fraction of sp³-hybridized carbons (Fsp3) is 0.500. The fourth-order valence-electron chi connectivity index (χ4n) is 0. The molecule has 0 spiro atoms. The topological polar surface area (TPSA) is 156 Å². The van der Waals surface area contributed by atoms with Gasteiger partial charge >= 0.3 is 12.3 Å². The number of rotatable bonds is 0. The van der Waals surface area contributed by atoms with Crippen molar-refractivity contribution in [1.29, 1.82) is 0 Å². The van der Waals surface area contributed by atoms with Crippen LogP contribution in [0.25, 0.3) is 0 Å². The average Bonchev–Trinajstić information content (AvgIpc) is 1.89. The molecule has 0 unspecified atom stereocenters. The molecule has 8 nitrogen and oxygen atoms in total. The first-order valence-corrected chi connectivity index (χ1v) is 2.08. The quantitative estimate of drug-likeness (QED) is 0.540. The summed E-state index contributed by atoms with van der Waals surface area (Å²) in [6, 6.07) is 0. The molecule has 0 aromatic rings. The van der Waals surface area contributed by atoms with E-state index in [0.717, 1.165) is 14.2 Å². The van der Waals surface area contributed by atoms with Gasteiger partial charge in [0, 0.05) is 26.2 Å². The molecule has 0 saturated carbocycles. The molecule has 0 aliphatic carbocycles. The van der Waals surface area contributed by atoms with Gasteiger partial charge in [-0.2, -0.15) is 0 Å². The summed E-state index contributed by atoms with van der Waals surface area (Å²) in [5.41, 5.74) is 0. The van der Waals surface area contributed by atoms with Crippen molar-refractivity contribution in [2.45, 2.75) is 0 Å². The van der Waals surface area contributed by atoms with E-state index in [1.807, 2.05) is 0 Å². The van der Waals surface area contributed by atoms with E-state index in [-0.39, 0.29) is 37.2 Å². The van der Waals surface area contributed by atoms with Gasteiger partial charge in [0.15, 0.2) is 0 Å². The first-order valence-electron chi connectivity index (χ1n) is 2.08. The van der Waals surface area contributed by atoms with Gasteiger partial charge in [-0.05, 0) is 0 Å². The van der Waals surface area contributed by atoms with E-state index in [0.29, 0.717) is 0 Å². The van der Waals surface area contributed by atoms with Crippen LogP contribution in [0.15, 0.2) is 0 Å². The number of hydrogen-bond donors (Lipinski definition) is 2. The zero-order valence-electron chi connectivity index (χ0n) is 7.03. The van der Waals surface area contributed by atoms with Crippen LogP contribution in [-0.2, 0) is 35.7 Å². The average molecular weight is 279 g/mol. The predicted molar refractivity (Wildman–Crippen MR) is 37.3 cm³/mol. The Hall–Kier alpha value is -0.657. The SMILES string of the molecule is COC(=O)O.COC(=O)O.O.O.[Zr]. The Balaban J connectivity index is -0.0000000267. The number of carboxylic acid groups (broad SMARTS) is 2. The fourth-order valence-corrected chi connectivity index (χ4v) is 0. The molecule has 0 saturated heterocycles. The Morgan fingerprint density at radius 1 is 0.923 bits per heavy atom. The smallest absolute Gasteiger partial charge is 0.450 e. The van der Waals surface area contributed by atoms with E-state index >= 15 is 0 Å². The van der Waals surface area contributed by atoms with Crippen molar-refractivity contribution < 1.29 is 66.4 Å². The van der Waals surface area contributed by atoms with Gasteiger partial charge in [-0.15, -0.1) is 0 Å². The molecule has 0 fully saturated rings. The first-order chi connectivity index (χ1) is 4.54. The minimum absolute atomic E-state index is 0. The van der Waals surface area contributed by atoms with Gasteiger partial charge in [0.25, 0.3) is 0 Å². The number of carbonyl (C=O) groups is 2. The van der Waals surface area contributed by atoms with E-state index < -0.39 is 12.3 Å². The normalized spacial score (nSPS) is 5.08. The molecule has 0 rings (SSSR count). The summed E-state index contributed by atoms with van der Waals surface area (Å²) in [5.74, 6) is 0. The third-order valence-corrected chi connectivity index (χ3v) is 0.349. The van der Waals surface area contributed by atoms with Crippen LogP contribution in [0.2, 0.25) is 0 Å². The van der Waals surface area contributed by atoms with Gasteiger partial charge in [0.1, 0.15) is 0 Å². The summed E-state index contributed by atoms with van der Waals surface area (Å²) in [6.45, 7) is 0. The molecule has 6 N–H and O–H groups in total. The van der Waals surface area contributed by atoms with Gasteiger partial charge in [-0.1, -0.05) is 0 Å². The molecule has 80 valence electrons. The molecule has 0 aliphatic heterocycles. The molecule has 0 amide bonds. The minimum Gasteiger partial charge on any atom is -0.450 e. The Morgan fingerprint density at radius 3 is 1.00 bits per heavy atom. The van der Waals surface area contributed by atoms with E-state index in [9.17, 15) is 0 Å². The summed E-state index contributed by atoms with van der Waals surface area (Å²) in [4.78, 5) is 18.3. The molecule has 0 radical (unpaired) electrons. The van der Waals surface area contributed by atoms with Crippen LogP contribution in [0.5, 0.6) is 0 Å². The van der Waals surface area contributed by atoms with Crippen molar-refractivity contribution in [3.05, 3.63) is 0 Å². The predicted octanol–water partition coefficient (Wildman–Crippen LogP) is -1.03. The van der Waals surface area contributed by atoms with Crippen LogP contribution in [0.4, 0.5) is 9.59 Å². The Kier molecular flexibility index (Phi) is 51.0. The summed E-state index contributed by atoms with van der Waals surface area (Å²) >= 11 is 0. The van der Waals surface area contributed by atoms with Crippen LogP contribution in [0.1, 0.15) is 0 Å². The molecule has 0 atom stereocenters. The maximum absolute atomic E-state index is 9.15. The Labute approximate surface area is 93.2 Å².